The van der Waals surface area contributed by atoms with Crippen LogP contribution >= 0.6 is 0 Å². The van der Waals surface area contributed by atoms with Gasteiger partial charge in [-0.3, -0.25) is 4.99 Å². The number of rotatable bonds is 12. The average molecular weight is 387 g/mol. The van der Waals surface area contributed by atoms with Gasteiger partial charge in [-0.05, 0) is 30.7 Å². The molecule has 2 aromatic rings. The molecule has 0 aliphatic heterocycles. The van der Waals surface area contributed by atoms with Crippen molar-refractivity contribution in [3.05, 3.63) is 35.4 Å². The van der Waals surface area contributed by atoms with Crippen LogP contribution in [0.4, 0.5) is 17.3 Å². The number of benzene rings is 1. The standard InChI is InChI=1S/C20H29N5O3/c1-4-5-12-28-20-23-18(21)17(22-2)19(24-20)25(14-27-3)13-16-8-6-15(7-9-16)10-11-26/h6-9,26H,2,4-5,10-14H2,1,3H3,(H2,21,23,24). The summed E-state index contributed by atoms with van der Waals surface area (Å²) in [6.45, 7) is 7.14. The zero-order valence-electron chi connectivity index (χ0n) is 16.6. The maximum atomic E-state index is 9.06. The van der Waals surface area contributed by atoms with E-state index in [1.807, 2.05) is 29.2 Å². The first-order valence-corrected chi connectivity index (χ1v) is 9.32. The number of aliphatic hydroxyl groups is 1. The summed E-state index contributed by atoms with van der Waals surface area (Å²) in [5.74, 6) is 0.723. The summed E-state index contributed by atoms with van der Waals surface area (Å²) in [4.78, 5) is 14.6. The molecule has 0 saturated carbocycles. The van der Waals surface area contributed by atoms with Crippen LogP contribution in [-0.4, -0.2) is 48.8 Å². The van der Waals surface area contributed by atoms with Crippen molar-refractivity contribution >= 4 is 24.0 Å². The number of hydrogen-bond acceptors (Lipinski definition) is 8. The van der Waals surface area contributed by atoms with Crippen LogP contribution in [0.15, 0.2) is 29.3 Å². The lowest BCUT2D eigenvalue weighted by Crippen LogP contribution is -2.26. The van der Waals surface area contributed by atoms with Crippen LogP contribution in [0.25, 0.3) is 0 Å². The topological polar surface area (TPSA) is 106 Å². The van der Waals surface area contributed by atoms with Gasteiger partial charge in [0.05, 0.1) is 6.61 Å². The summed E-state index contributed by atoms with van der Waals surface area (Å²) in [5, 5.41) is 9.06. The highest BCUT2D eigenvalue weighted by atomic mass is 16.5. The monoisotopic (exact) mass is 387 g/mol. The Morgan fingerprint density at radius 2 is 1.93 bits per heavy atom. The Morgan fingerprint density at radius 3 is 2.54 bits per heavy atom. The third kappa shape index (κ3) is 5.90. The zero-order valence-corrected chi connectivity index (χ0v) is 16.6. The summed E-state index contributed by atoms with van der Waals surface area (Å²) >= 11 is 0. The second kappa shape index (κ2) is 11.2. The highest BCUT2D eigenvalue weighted by molar-refractivity contribution is 5.75. The summed E-state index contributed by atoms with van der Waals surface area (Å²) in [6.07, 6.45) is 2.55. The van der Waals surface area contributed by atoms with E-state index in [1.165, 1.54) is 0 Å². The van der Waals surface area contributed by atoms with Gasteiger partial charge in [0.15, 0.2) is 11.6 Å². The van der Waals surface area contributed by atoms with E-state index < -0.39 is 0 Å². The van der Waals surface area contributed by atoms with Gasteiger partial charge in [0.2, 0.25) is 0 Å². The number of nitrogen functional groups attached to an aromatic ring is 1. The first-order chi connectivity index (χ1) is 13.6. The number of ether oxygens (including phenoxy) is 2. The lowest BCUT2D eigenvalue weighted by molar-refractivity contribution is 0.195. The molecule has 2 rings (SSSR count). The van der Waals surface area contributed by atoms with Crippen molar-refractivity contribution in [3.63, 3.8) is 0 Å². The molecule has 0 aliphatic carbocycles. The molecule has 0 spiro atoms. The van der Waals surface area contributed by atoms with Crippen LogP contribution in [0.5, 0.6) is 6.01 Å². The molecule has 1 heterocycles. The molecule has 0 amide bonds. The van der Waals surface area contributed by atoms with Gasteiger partial charge in [0, 0.05) is 20.3 Å². The summed E-state index contributed by atoms with van der Waals surface area (Å²) in [5.41, 5.74) is 8.60. The number of nitrogens with two attached hydrogens (primary N) is 1. The molecular weight excluding hydrogens is 358 g/mol. The number of aliphatic imine (C=N–C) groups is 1. The summed E-state index contributed by atoms with van der Waals surface area (Å²) in [6, 6.07) is 8.23. The molecule has 1 aromatic heterocycles. The van der Waals surface area contributed by atoms with Crippen LogP contribution in [0.1, 0.15) is 30.9 Å². The predicted octanol–water partition coefficient (Wildman–Crippen LogP) is 2.72. The second-order valence-corrected chi connectivity index (χ2v) is 6.33. The van der Waals surface area contributed by atoms with Crippen LogP contribution < -0.4 is 15.4 Å². The SMILES string of the molecule is C=Nc1c(N)nc(OCCCC)nc1N(COC)Cc1ccc(CCO)cc1. The largest absolute Gasteiger partial charge is 0.463 e. The normalized spacial score (nSPS) is 10.7. The summed E-state index contributed by atoms with van der Waals surface area (Å²) < 4.78 is 11.0. The van der Waals surface area contributed by atoms with Crippen molar-refractivity contribution in [3.8, 4) is 6.01 Å². The van der Waals surface area contributed by atoms with Gasteiger partial charge < -0.3 is 25.2 Å². The van der Waals surface area contributed by atoms with Crippen LogP contribution in [0, 0.1) is 0 Å². The van der Waals surface area contributed by atoms with E-state index in [0.29, 0.717) is 31.1 Å². The number of aliphatic hydroxyl groups excluding tert-OH is 1. The number of unbranched alkanes of at least 4 members (excludes halogenated alkanes) is 1. The number of hydrogen-bond donors (Lipinski definition) is 2. The molecule has 1 aromatic carbocycles. The van der Waals surface area contributed by atoms with E-state index in [0.717, 1.165) is 24.0 Å². The number of aromatic nitrogens is 2. The van der Waals surface area contributed by atoms with Crippen molar-refractivity contribution in [2.75, 3.05) is 37.7 Å². The molecule has 0 bridgehead atoms. The highest BCUT2D eigenvalue weighted by Gasteiger charge is 2.19. The average Bonchev–Trinajstić information content (AvgIpc) is 2.69. The smallest absolute Gasteiger partial charge is 0.320 e. The fourth-order valence-electron chi connectivity index (χ4n) is 2.68. The van der Waals surface area contributed by atoms with Crippen molar-refractivity contribution < 1.29 is 14.6 Å². The van der Waals surface area contributed by atoms with Gasteiger partial charge in [0.25, 0.3) is 0 Å². The lowest BCUT2D eigenvalue weighted by atomic mass is 10.1. The van der Waals surface area contributed by atoms with Gasteiger partial charge in [-0.25, -0.2) is 0 Å². The zero-order chi connectivity index (χ0) is 20.4. The van der Waals surface area contributed by atoms with Crippen molar-refractivity contribution in [2.24, 2.45) is 4.99 Å². The second-order valence-electron chi connectivity index (χ2n) is 6.33. The molecule has 0 saturated heterocycles. The minimum absolute atomic E-state index is 0.129. The number of anilines is 2. The first-order valence-electron chi connectivity index (χ1n) is 9.32. The molecular formula is C20H29N5O3. The molecule has 0 radical (unpaired) electrons. The molecule has 28 heavy (non-hydrogen) atoms. The molecule has 0 atom stereocenters. The fourth-order valence-corrected chi connectivity index (χ4v) is 2.68. The minimum Gasteiger partial charge on any atom is -0.463 e. The molecule has 0 fully saturated rings. The Labute approximate surface area is 166 Å². The fraction of sp³-hybridized carbons (Fsp3) is 0.450. The van der Waals surface area contributed by atoms with E-state index in [9.17, 15) is 0 Å². The Bertz CT molecular complexity index is 752. The maximum absolute atomic E-state index is 9.06. The molecule has 152 valence electrons. The van der Waals surface area contributed by atoms with Crippen LogP contribution in [0.3, 0.4) is 0 Å². The number of nitrogens with zero attached hydrogens (tertiary/aromatic N) is 4. The van der Waals surface area contributed by atoms with E-state index >= 15 is 0 Å². The van der Waals surface area contributed by atoms with Crippen molar-refractivity contribution in [1.29, 1.82) is 0 Å². The lowest BCUT2D eigenvalue weighted by Gasteiger charge is -2.25. The van der Waals surface area contributed by atoms with Crippen LogP contribution in [-0.2, 0) is 17.7 Å². The molecule has 3 N–H and O–H groups in total. The molecule has 0 unspecified atom stereocenters. The third-order valence-electron chi connectivity index (χ3n) is 4.14. The van der Waals surface area contributed by atoms with Crippen LogP contribution in [0.2, 0.25) is 0 Å². The first kappa shape index (κ1) is 21.6. The molecule has 8 heteroatoms. The maximum Gasteiger partial charge on any atom is 0.320 e. The third-order valence-corrected chi connectivity index (χ3v) is 4.14. The minimum atomic E-state index is 0.129. The van der Waals surface area contributed by atoms with Gasteiger partial charge in [-0.2, -0.15) is 9.97 Å². The summed E-state index contributed by atoms with van der Waals surface area (Å²) in [7, 11) is 1.61. The van der Waals surface area contributed by atoms with Crippen molar-refractivity contribution in [2.45, 2.75) is 32.7 Å². The van der Waals surface area contributed by atoms with Gasteiger partial charge in [-0.1, -0.05) is 37.6 Å². The van der Waals surface area contributed by atoms with E-state index in [-0.39, 0.29) is 25.2 Å². The van der Waals surface area contributed by atoms with Gasteiger partial charge in [-0.15, -0.1) is 0 Å². The highest BCUT2D eigenvalue weighted by Crippen LogP contribution is 2.33. The quantitative estimate of drug-likeness (QED) is 0.328. The Hall–Kier alpha value is -2.71. The van der Waals surface area contributed by atoms with E-state index in [4.69, 9.17) is 20.3 Å². The van der Waals surface area contributed by atoms with Gasteiger partial charge >= 0.3 is 6.01 Å². The molecule has 0 aliphatic rings. The predicted molar refractivity (Wildman–Crippen MR) is 111 cm³/mol. The Morgan fingerprint density at radius 1 is 1.21 bits per heavy atom. The van der Waals surface area contributed by atoms with Crippen molar-refractivity contribution in [1.82, 2.24) is 9.97 Å². The molecule has 8 nitrogen and oxygen atoms in total. The van der Waals surface area contributed by atoms with Gasteiger partial charge in [0.1, 0.15) is 12.4 Å². The van der Waals surface area contributed by atoms with E-state index in [1.54, 1.807) is 7.11 Å². The Kier molecular flexibility index (Phi) is 8.64. The number of methoxy groups -OCH3 is 1. The Balaban J connectivity index is 2.30. The van der Waals surface area contributed by atoms with E-state index in [2.05, 4.69) is 28.6 Å².